The Balaban J connectivity index is 2.58. The summed E-state index contributed by atoms with van der Waals surface area (Å²) in [5.41, 5.74) is 6.28. The van der Waals surface area contributed by atoms with Crippen LogP contribution >= 0.6 is 23.2 Å². The van der Waals surface area contributed by atoms with Gasteiger partial charge in [0.25, 0.3) is 0 Å². The van der Waals surface area contributed by atoms with Gasteiger partial charge in [0, 0.05) is 17.6 Å². The molecule has 0 aliphatic heterocycles. The van der Waals surface area contributed by atoms with Crippen LogP contribution in [-0.4, -0.2) is 14.8 Å². The lowest BCUT2D eigenvalue weighted by Crippen LogP contribution is -2.05. The zero-order valence-corrected chi connectivity index (χ0v) is 10.1. The maximum absolute atomic E-state index is 6.08. The van der Waals surface area contributed by atoms with Gasteiger partial charge in [0.05, 0.1) is 11.6 Å². The molecule has 4 nitrogen and oxygen atoms in total. The van der Waals surface area contributed by atoms with Crippen molar-refractivity contribution < 1.29 is 0 Å². The van der Waals surface area contributed by atoms with Gasteiger partial charge in [-0.2, -0.15) is 0 Å². The summed E-state index contributed by atoms with van der Waals surface area (Å²) in [6, 6.07) is 5.22. The van der Waals surface area contributed by atoms with E-state index in [1.165, 1.54) is 0 Å². The molecule has 0 radical (unpaired) electrons. The number of hydrogen-bond donors (Lipinski definition) is 1. The van der Waals surface area contributed by atoms with Crippen molar-refractivity contribution >= 4 is 23.2 Å². The largest absolute Gasteiger partial charge is 0.324 e. The Morgan fingerprint density at radius 2 is 2.06 bits per heavy atom. The summed E-state index contributed by atoms with van der Waals surface area (Å²) in [5, 5.41) is 9.21. The van der Waals surface area contributed by atoms with Crippen molar-refractivity contribution in [1.82, 2.24) is 14.8 Å². The Labute approximate surface area is 103 Å². The van der Waals surface area contributed by atoms with Crippen molar-refractivity contribution in [1.29, 1.82) is 0 Å². The predicted octanol–water partition coefficient (Wildman–Crippen LogP) is 2.25. The van der Waals surface area contributed by atoms with E-state index in [9.17, 15) is 0 Å². The van der Waals surface area contributed by atoms with E-state index < -0.39 is 0 Å². The first-order chi connectivity index (χ1) is 7.63. The summed E-state index contributed by atoms with van der Waals surface area (Å²) in [6.07, 6.45) is 0. The molecule has 0 aliphatic rings. The monoisotopic (exact) mass is 256 g/mol. The highest BCUT2D eigenvalue weighted by molar-refractivity contribution is 6.35. The zero-order valence-electron chi connectivity index (χ0n) is 8.61. The van der Waals surface area contributed by atoms with Gasteiger partial charge in [0.1, 0.15) is 5.82 Å². The van der Waals surface area contributed by atoms with Crippen LogP contribution in [0.1, 0.15) is 5.82 Å². The van der Waals surface area contributed by atoms with E-state index in [-0.39, 0.29) is 0 Å². The van der Waals surface area contributed by atoms with Crippen LogP contribution in [-0.2, 0) is 13.6 Å². The molecule has 2 rings (SSSR count). The predicted molar refractivity (Wildman–Crippen MR) is 64.4 cm³/mol. The van der Waals surface area contributed by atoms with E-state index in [0.717, 1.165) is 5.56 Å². The molecule has 0 saturated carbocycles. The smallest absolute Gasteiger partial charge is 0.165 e. The van der Waals surface area contributed by atoms with Crippen LogP contribution in [0.3, 0.4) is 0 Å². The van der Waals surface area contributed by atoms with Gasteiger partial charge in [-0.25, -0.2) is 0 Å². The molecule has 1 aromatic carbocycles. The van der Waals surface area contributed by atoms with E-state index in [4.69, 9.17) is 28.9 Å². The van der Waals surface area contributed by atoms with Crippen molar-refractivity contribution in [3.63, 3.8) is 0 Å². The number of rotatable bonds is 2. The molecule has 2 N–H and O–H groups in total. The molecular weight excluding hydrogens is 247 g/mol. The molecule has 2 aromatic rings. The molecule has 84 valence electrons. The van der Waals surface area contributed by atoms with Gasteiger partial charge in [0.2, 0.25) is 0 Å². The van der Waals surface area contributed by atoms with Gasteiger partial charge in [-0.1, -0.05) is 23.2 Å². The molecule has 0 saturated heterocycles. The Morgan fingerprint density at radius 3 is 2.69 bits per heavy atom. The molecule has 16 heavy (non-hydrogen) atoms. The molecule has 0 atom stereocenters. The Hall–Kier alpha value is -1.10. The van der Waals surface area contributed by atoms with Crippen LogP contribution in [0, 0.1) is 0 Å². The minimum Gasteiger partial charge on any atom is -0.324 e. The third-order valence-corrected chi connectivity index (χ3v) is 2.88. The fraction of sp³-hybridized carbons (Fsp3) is 0.200. The summed E-state index contributed by atoms with van der Waals surface area (Å²) in [6.45, 7) is 0.335. The first kappa shape index (κ1) is 11.4. The van der Waals surface area contributed by atoms with Crippen molar-refractivity contribution in [3.8, 4) is 11.4 Å². The summed E-state index contributed by atoms with van der Waals surface area (Å²) in [4.78, 5) is 0. The molecule has 0 amide bonds. The minimum absolute atomic E-state index is 0.335. The number of aromatic nitrogens is 3. The van der Waals surface area contributed by atoms with Crippen LogP contribution in [0.15, 0.2) is 18.2 Å². The van der Waals surface area contributed by atoms with E-state index in [1.807, 2.05) is 7.05 Å². The highest BCUT2D eigenvalue weighted by Gasteiger charge is 2.12. The lowest BCUT2D eigenvalue weighted by Gasteiger charge is -2.05. The van der Waals surface area contributed by atoms with Gasteiger partial charge in [0.15, 0.2) is 5.82 Å². The SMILES string of the molecule is Cn1c(CN)nnc1-c1cc(Cl)ccc1Cl. The van der Waals surface area contributed by atoms with E-state index >= 15 is 0 Å². The van der Waals surface area contributed by atoms with Gasteiger partial charge < -0.3 is 10.3 Å². The first-order valence-corrected chi connectivity index (χ1v) is 5.43. The van der Waals surface area contributed by atoms with E-state index in [1.54, 1.807) is 22.8 Å². The highest BCUT2D eigenvalue weighted by atomic mass is 35.5. The van der Waals surface area contributed by atoms with Crippen LogP contribution in [0.4, 0.5) is 0 Å². The minimum atomic E-state index is 0.335. The number of nitrogens with two attached hydrogens (primary N) is 1. The normalized spacial score (nSPS) is 10.8. The van der Waals surface area contributed by atoms with Gasteiger partial charge in [-0.05, 0) is 18.2 Å². The van der Waals surface area contributed by atoms with Crippen LogP contribution in [0.2, 0.25) is 10.0 Å². The van der Waals surface area contributed by atoms with E-state index in [0.29, 0.717) is 28.2 Å². The standard InChI is InChI=1S/C10H10Cl2N4/c1-16-9(5-13)14-15-10(16)7-4-6(11)2-3-8(7)12/h2-4H,5,13H2,1H3. The van der Waals surface area contributed by atoms with Crippen LogP contribution in [0.25, 0.3) is 11.4 Å². The second kappa shape index (κ2) is 4.41. The fourth-order valence-corrected chi connectivity index (χ4v) is 1.82. The third-order valence-electron chi connectivity index (χ3n) is 2.32. The van der Waals surface area contributed by atoms with Crippen molar-refractivity contribution in [3.05, 3.63) is 34.1 Å². The van der Waals surface area contributed by atoms with Crippen molar-refractivity contribution in [2.24, 2.45) is 12.8 Å². The quantitative estimate of drug-likeness (QED) is 0.897. The average Bonchev–Trinajstić information content (AvgIpc) is 2.63. The van der Waals surface area contributed by atoms with Crippen molar-refractivity contribution in [2.75, 3.05) is 0 Å². The Morgan fingerprint density at radius 1 is 1.31 bits per heavy atom. The lowest BCUT2D eigenvalue weighted by atomic mass is 10.2. The second-order valence-corrected chi connectivity index (χ2v) is 4.17. The van der Waals surface area contributed by atoms with Gasteiger partial charge in [-0.15, -0.1) is 10.2 Å². The first-order valence-electron chi connectivity index (χ1n) is 4.67. The summed E-state index contributed by atoms with van der Waals surface area (Å²) >= 11 is 12.0. The molecule has 1 heterocycles. The Kier molecular flexibility index (Phi) is 3.14. The number of hydrogen-bond acceptors (Lipinski definition) is 3. The van der Waals surface area contributed by atoms with Crippen LogP contribution in [0.5, 0.6) is 0 Å². The topological polar surface area (TPSA) is 56.7 Å². The van der Waals surface area contributed by atoms with E-state index in [2.05, 4.69) is 10.2 Å². The number of benzene rings is 1. The van der Waals surface area contributed by atoms with Gasteiger partial charge >= 0.3 is 0 Å². The zero-order chi connectivity index (χ0) is 11.7. The maximum atomic E-state index is 6.08. The summed E-state index contributed by atoms with van der Waals surface area (Å²) in [5.74, 6) is 1.36. The molecular formula is C10H10Cl2N4. The number of halogens is 2. The second-order valence-electron chi connectivity index (χ2n) is 3.33. The van der Waals surface area contributed by atoms with Crippen LogP contribution < -0.4 is 5.73 Å². The molecule has 0 unspecified atom stereocenters. The maximum Gasteiger partial charge on any atom is 0.165 e. The number of nitrogens with zero attached hydrogens (tertiary/aromatic N) is 3. The molecule has 1 aromatic heterocycles. The molecule has 0 spiro atoms. The third kappa shape index (κ3) is 1.91. The highest BCUT2D eigenvalue weighted by Crippen LogP contribution is 2.29. The lowest BCUT2D eigenvalue weighted by molar-refractivity contribution is 0.797. The average molecular weight is 257 g/mol. The summed E-state index contributed by atoms with van der Waals surface area (Å²) < 4.78 is 1.80. The molecule has 0 aliphatic carbocycles. The van der Waals surface area contributed by atoms with Crippen molar-refractivity contribution in [2.45, 2.75) is 6.54 Å². The Bertz CT molecular complexity index is 522. The van der Waals surface area contributed by atoms with Gasteiger partial charge in [-0.3, -0.25) is 0 Å². The molecule has 0 bridgehead atoms. The fourth-order valence-electron chi connectivity index (χ4n) is 1.44. The summed E-state index contributed by atoms with van der Waals surface area (Å²) in [7, 11) is 1.84. The molecule has 6 heteroatoms. The molecule has 0 fully saturated rings.